The van der Waals surface area contributed by atoms with E-state index < -0.39 is 16.8 Å². The monoisotopic (exact) mass is 651 g/mol. The van der Waals surface area contributed by atoms with Crippen LogP contribution in [0, 0.1) is 21.4 Å². The van der Waals surface area contributed by atoms with Crippen LogP contribution in [0.1, 0.15) is 33.0 Å². The van der Waals surface area contributed by atoms with Gasteiger partial charge in [0.2, 0.25) is 5.88 Å². The predicted octanol–water partition coefficient (Wildman–Crippen LogP) is 7.58. The van der Waals surface area contributed by atoms with Gasteiger partial charge in [-0.1, -0.05) is 53.0 Å². The Morgan fingerprint density at radius 3 is 2.52 bits per heavy atom. The van der Waals surface area contributed by atoms with E-state index in [0.717, 1.165) is 11.6 Å². The normalized spacial score (nSPS) is 13.8. The number of benzene rings is 4. The van der Waals surface area contributed by atoms with Crippen LogP contribution in [0.4, 0.5) is 5.69 Å². The number of nitrogens with zero attached hydrogens (tertiary/aromatic N) is 2. The molecule has 0 aliphatic carbocycles. The Kier molecular flexibility index (Phi) is 8.83. The van der Waals surface area contributed by atoms with Crippen LogP contribution in [0.3, 0.4) is 0 Å². The van der Waals surface area contributed by atoms with Crippen molar-refractivity contribution < 1.29 is 28.7 Å². The second-order valence-electron chi connectivity index (χ2n) is 9.37. The molecule has 4 aromatic rings. The molecule has 0 fully saturated rings. The van der Waals surface area contributed by atoms with Gasteiger partial charge in [-0.2, -0.15) is 5.26 Å². The Morgan fingerprint density at radius 2 is 1.82 bits per heavy atom. The lowest BCUT2D eigenvalue weighted by Gasteiger charge is -2.27. The number of methoxy groups -OCH3 is 1. The van der Waals surface area contributed by atoms with Crippen molar-refractivity contribution in [1.82, 2.24) is 0 Å². The number of nitro benzene ring substituents is 1. The molecule has 0 bridgehead atoms. The maximum absolute atomic E-state index is 12.8. The molecule has 0 saturated carbocycles. The maximum Gasteiger partial charge on any atom is 0.345 e. The highest BCUT2D eigenvalue weighted by atomic mass is 35.5. The number of non-ortho nitro benzene ring substituents is 1. The Hall–Kier alpha value is -4.95. The molecule has 10 nitrogen and oxygen atoms in total. The summed E-state index contributed by atoms with van der Waals surface area (Å²) >= 11 is 18.3. The number of nitrogens with two attached hydrogens (primary N) is 1. The Labute approximate surface area is 265 Å². The number of carbonyl (C=O) groups excluding carboxylic acids is 1. The molecular weight excluding hydrogens is 633 g/mol. The van der Waals surface area contributed by atoms with Crippen LogP contribution >= 0.6 is 34.8 Å². The van der Waals surface area contributed by atoms with Crippen LogP contribution in [0.5, 0.6) is 23.0 Å². The van der Waals surface area contributed by atoms with Crippen LogP contribution in [0.2, 0.25) is 15.1 Å². The topological polar surface area (TPSA) is 147 Å². The third-order valence-corrected chi connectivity index (χ3v) is 7.62. The average Bonchev–Trinajstić information content (AvgIpc) is 3.00. The van der Waals surface area contributed by atoms with Crippen LogP contribution in [-0.4, -0.2) is 18.0 Å². The molecule has 5 rings (SSSR count). The lowest BCUT2D eigenvalue weighted by atomic mass is 9.83. The number of esters is 1. The second kappa shape index (κ2) is 12.7. The zero-order valence-electron chi connectivity index (χ0n) is 22.7. The third-order valence-electron chi connectivity index (χ3n) is 6.70. The van der Waals surface area contributed by atoms with Gasteiger partial charge in [0.05, 0.1) is 28.5 Å². The molecule has 1 unspecified atom stereocenters. The highest BCUT2D eigenvalue weighted by Gasteiger charge is 2.32. The molecule has 1 heterocycles. The largest absolute Gasteiger partial charge is 0.493 e. The standard InChI is InChI=1S/C31H20Cl3N3O7/c1-41-28-10-16(3-9-26(28)42-15-17-2-4-18(32)11-25(17)34)29-21-7-6-20(13-27(21)44-30(36)23(29)14-35)43-31(38)22-12-19(37(39)40)5-8-24(22)33/h2-13,29H,15,36H2,1H3. The first kappa shape index (κ1) is 30.5. The van der Waals surface area contributed by atoms with Gasteiger partial charge in [0, 0.05) is 39.4 Å². The second-order valence-corrected chi connectivity index (χ2v) is 10.6. The van der Waals surface area contributed by atoms with E-state index in [0.29, 0.717) is 32.7 Å². The third kappa shape index (κ3) is 6.21. The fourth-order valence-corrected chi connectivity index (χ4v) is 5.22. The van der Waals surface area contributed by atoms with Crippen LogP contribution < -0.4 is 24.7 Å². The number of ether oxygens (including phenoxy) is 4. The average molecular weight is 653 g/mol. The molecular formula is C31H20Cl3N3O7. The zero-order valence-corrected chi connectivity index (χ0v) is 24.9. The Morgan fingerprint density at radius 1 is 1.02 bits per heavy atom. The van der Waals surface area contributed by atoms with E-state index in [9.17, 15) is 20.2 Å². The van der Waals surface area contributed by atoms with Gasteiger partial charge in [-0.3, -0.25) is 10.1 Å². The van der Waals surface area contributed by atoms with Crippen molar-refractivity contribution in [2.45, 2.75) is 12.5 Å². The van der Waals surface area contributed by atoms with Gasteiger partial charge < -0.3 is 24.7 Å². The summed E-state index contributed by atoms with van der Waals surface area (Å²) in [4.78, 5) is 23.3. The predicted molar refractivity (Wildman–Crippen MR) is 163 cm³/mol. The molecule has 0 aromatic heterocycles. The van der Waals surface area contributed by atoms with Crippen molar-refractivity contribution in [3.8, 4) is 29.1 Å². The van der Waals surface area contributed by atoms with Crippen molar-refractivity contribution in [2.75, 3.05) is 7.11 Å². The molecule has 2 N–H and O–H groups in total. The van der Waals surface area contributed by atoms with Crippen molar-refractivity contribution in [3.63, 3.8) is 0 Å². The van der Waals surface area contributed by atoms with Crippen LogP contribution in [0.15, 0.2) is 84.3 Å². The summed E-state index contributed by atoms with van der Waals surface area (Å²) in [5.41, 5.74) is 7.74. The molecule has 4 aromatic carbocycles. The summed E-state index contributed by atoms with van der Waals surface area (Å²) in [6.45, 7) is 0.158. The van der Waals surface area contributed by atoms with E-state index in [1.54, 1.807) is 42.5 Å². The first-order valence-electron chi connectivity index (χ1n) is 12.7. The maximum atomic E-state index is 12.8. The smallest absolute Gasteiger partial charge is 0.345 e. The summed E-state index contributed by atoms with van der Waals surface area (Å²) in [5, 5.41) is 22.1. The Bertz CT molecular complexity index is 1890. The molecule has 1 atom stereocenters. The van der Waals surface area contributed by atoms with E-state index in [4.69, 9.17) is 59.5 Å². The molecule has 222 valence electrons. The van der Waals surface area contributed by atoms with E-state index in [2.05, 4.69) is 6.07 Å². The van der Waals surface area contributed by atoms with Gasteiger partial charge in [0.25, 0.3) is 5.69 Å². The van der Waals surface area contributed by atoms with Crippen molar-refractivity contribution >= 4 is 46.5 Å². The number of rotatable bonds is 8. The van der Waals surface area contributed by atoms with Gasteiger partial charge in [-0.15, -0.1) is 0 Å². The fraction of sp³-hybridized carbons (Fsp3) is 0.0968. The minimum atomic E-state index is -0.910. The lowest BCUT2D eigenvalue weighted by Crippen LogP contribution is -2.21. The molecule has 0 amide bonds. The van der Waals surface area contributed by atoms with Gasteiger partial charge in [-0.25, -0.2) is 4.79 Å². The fourth-order valence-electron chi connectivity index (χ4n) is 4.56. The van der Waals surface area contributed by atoms with Crippen LogP contribution in [0.25, 0.3) is 0 Å². The van der Waals surface area contributed by atoms with Crippen molar-refractivity contribution in [2.24, 2.45) is 5.73 Å². The van der Waals surface area contributed by atoms with Gasteiger partial charge in [0.15, 0.2) is 11.5 Å². The number of allylic oxidation sites excluding steroid dienone is 1. The molecule has 0 spiro atoms. The number of halogens is 3. The molecule has 0 saturated heterocycles. The zero-order chi connectivity index (χ0) is 31.5. The number of fused-ring (bicyclic) bond motifs is 1. The van der Waals surface area contributed by atoms with Crippen LogP contribution in [-0.2, 0) is 6.61 Å². The number of hydrogen-bond acceptors (Lipinski definition) is 9. The van der Waals surface area contributed by atoms with E-state index in [1.165, 1.54) is 31.4 Å². The number of hydrogen-bond donors (Lipinski definition) is 1. The number of nitriles is 1. The van der Waals surface area contributed by atoms with E-state index in [-0.39, 0.29) is 45.8 Å². The molecule has 0 radical (unpaired) electrons. The minimum Gasteiger partial charge on any atom is -0.493 e. The molecule has 13 heteroatoms. The van der Waals surface area contributed by atoms with Gasteiger partial charge in [0.1, 0.15) is 29.7 Å². The molecule has 44 heavy (non-hydrogen) atoms. The summed E-state index contributed by atoms with van der Waals surface area (Å²) in [5.74, 6) is -0.570. The van der Waals surface area contributed by atoms with Gasteiger partial charge >= 0.3 is 5.97 Å². The van der Waals surface area contributed by atoms with E-state index >= 15 is 0 Å². The minimum absolute atomic E-state index is 0.0154. The number of nitro groups is 1. The van der Waals surface area contributed by atoms with Crippen molar-refractivity contribution in [3.05, 3.63) is 132 Å². The highest BCUT2D eigenvalue weighted by Crippen LogP contribution is 2.45. The summed E-state index contributed by atoms with van der Waals surface area (Å²) in [7, 11) is 1.49. The Balaban J connectivity index is 1.43. The van der Waals surface area contributed by atoms with E-state index in [1.807, 2.05) is 0 Å². The van der Waals surface area contributed by atoms with Crippen molar-refractivity contribution in [1.29, 1.82) is 5.26 Å². The summed E-state index contributed by atoms with van der Waals surface area (Å²) in [6.07, 6.45) is 0. The highest BCUT2D eigenvalue weighted by molar-refractivity contribution is 6.35. The number of carbonyl (C=O) groups is 1. The van der Waals surface area contributed by atoms with Gasteiger partial charge in [-0.05, 0) is 42.0 Å². The first-order chi connectivity index (χ1) is 21.1. The SMILES string of the molecule is COc1cc(C2C(C#N)=C(N)Oc3cc(OC(=O)c4cc([N+](=O)[O-])ccc4Cl)ccc32)ccc1OCc1ccc(Cl)cc1Cl. The quantitative estimate of drug-likeness (QED) is 0.0880. The molecule has 1 aliphatic rings. The first-order valence-corrected chi connectivity index (χ1v) is 13.8. The lowest BCUT2D eigenvalue weighted by molar-refractivity contribution is -0.384. The summed E-state index contributed by atoms with van der Waals surface area (Å²) in [6, 6.07) is 20.4. The molecule has 1 aliphatic heterocycles. The summed E-state index contributed by atoms with van der Waals surface area (Å²) < 4.78 is 22.7.